The lowest BCUT2D eigenvalue weighted by Gasteiger charge is -2.19. The van der Waals surface area contributed by atoms with E-state index in [-0.39, 0.29) is 0 Å². The molecular weight excluding hydrogens is 230 g/mol. The van der Waals surface area contributed by atoms with Gasteiger partial charge in [-0.25, -0.2) is 0 Å². The molecule has 0 spiro atoms. The molecule has 2 N–H and O–H groups in total. The predicted octanol–water partition coefficient (Wildman–Crippen LogP) is 1.95. The molecule has 4 heteroatoms. The molecule has 3 nitrogen and oxygen atoms in total. The van der Waals surface area contributed by atoms with E-state index in [1.54, 1.807) is 6.20 Å². The lowest BCUT2D eigenvalue weighted by atomic mass is 10.0. The van der Waals surface area contributed by atoms with Crippen LogP contribution in [0, 0.1) is 11.8 Å². The number of pyridine rings is 1. The third-order valence-corrected chi connectivity index (χ3v) is 4.30. The largest absolute Gasteiger partial charge is 0.388 e. The first-order chi connectivity index (χ1) is 8.24. The van der Waals surface area contributed by atoms with Crippen LogP contribution in [0.4, 0.5) is 5.69 Å². The Labute approximate surface area is 107 Å². The Bertz CT molecular complexity index is 434. The van der Waals surface area contributed by atoms with Crippen molar-refractivity contribution in [1.29, 1.82) is 0 Å². The van der Waals surface area contributed by atoms with Crippen LogP contribution in [0.25, 0.3) is 0 Å². The van der Waals surface area contributed by atoms with Crippen molar-refractivity contribution in [3.63, 3.8) is 0 Å². The Hall–Kier alpha value is -1.16. The van der Waals surface area contributed by atoms with Crippen molar-refractivity contribution >= 4 is 22.9 Å². The Morgan fingerprint density at radius 1 is 1.35 bits per heavy atom. The number of aromatic nitrogens is 1. The van der Waals surface area contributed by atoms with Gasteiger partial charge in [0.15, 0.2) is 0 Å². The molecule has 17 heavy (non-hydrogen) atoms. The number of nitrogens with two attached hydrogens (primary N) is 1. The van der Waals surface area contributed by atoms with Gasteiger partial charge < -0.3 is 10.6 Å². The minimum atomic E-state index is 0.381. The van der Waals surface area contributed by atoms with Gasteiger partial charge in [-0.1, -0.05) is 18.6 Å². The van der Waals surface area contributed by atoms with Crippen molar-refractivity contribution in [2.24, 2.45) is 17.6 Å². The molecule has 2 aliphatic rings. The van der Waals surface area contributed by atoms with Crippen LogP contribution in [0.3, 0.4) is 0 Å². The molecular formula is C13H17N3S. The van der Waals surface area contributed by atoms with E-state index in [0.29, 0.717) is 4.99 Å². The molecule has 0 amide bonds. The molecule has 0 bridgehead atoms. The molecule has 2 heterocycles. The van der Waals surface area contributed by atoms with Crippen molar-refractivity contribution in [1.82, 2.24) is 4.98 Å². The Kier molecular flexibility index (Phi) is 2.74. The SMILES string of the molecule is NC(=S)c1cc(N2CC3CCCC3C2)ccn1. The fourth-order valence-corrected chi connectivity index (χ4v) is 3.31. The molecule has 1 aliphatic carbocycles. The van der Waals surface area contributed by atoms with Gasteiger partial charge in [0.05, 0.1) is 5.69 Å². The van der Waals surface area contributed by atoms with Crippen LogP contribution in [0.1, 0.15) is 25.0 Å². The van der Waals surface area contributed by atoms with E-state index in [4.69, 9.17) is 18.0 Å². The topological polar surface area (TPSA) is 42.1 Å². The third kappa shape index (κ3) is 2.02. The Balaban J connectivity index is 1.81. The normalized spacial score (nSPS) is 27.2. The molecule has 1 aromatic heterocycles. The van der Waals surface area contributed by atoms with Gasteiger partial charge in [0.2, 0.25) is 0 Å². The van der Waals surface area contributed by atoms with Gasteiger partial charge in [-0.15, -0.1) is 0 Å². The van der Waals surface area contributed by atoms with Crippen LogP contribution in [-0.4, -0.2) is 23.1 Å². The van der Waals surface area contributed by atoms with Crippen LogP contribution >= 0.6 is 12.2 Å². The van der Waals surface area contributed by atoms with Crippen molar-refractivity contribution in [3.05, 3.63) is 24.0 Å². The molecule has 0 aromatic carbocycles. The van der Waals surface area contributed by atoms with Gasteiger partial charge in [-0.2, -0.15) is 0 Å². The van der Waals surface area contributed by atoms with Gasteiger partial charge in [0.1, 0.15) is 4.99 Å². The van der Waals surface area contributed by atoms with E-state index < -0.39 is 0 Å². The average molecular weight is 247 g/mol. The molecule has 2 unspecified atom stereocenters. The highest BCUT2D eigenvalue weighted by Gasteiger charge is 2.36. The number of nitrogens with zero attached hydrogens (tertiary/aromatic N) is 2. The smallest absolute Gasteiger partial charge is 0.122 e. The van der Waals surface area contributed by atoms with E-state index >= 15 is 0 Å². The summed E-state index contributed by atoms with van der Waals surface area (Å²) in [7, 11) is 0. The number of thiocarbonyl (C=S) groups is 1. The van der Waals surface area contributed by atoms with Crippen molar-refractivity contribution in [2.45, 2.75) is 19.3 Å². The quantitative estimate of drug-likeness (QED) is 0.811. The van der Waals surface area contributed by atoms with Crippen molar-refractivity contribution in [3.8, 4) is 0 Å². The fraction of sp³-hybridized carbons (Fsp3) is 0.538. The van der Waals surface area contributed by atoms with E-state index in [1.807, 2.05) is 6.07 Å². The van der Waals surface area contributed by atoms with Gasteiger partial charge in [-0.05, 0) is 36.8 Å². The minimum absolute atomic E-state index is 0.381. The zero-order valence-electron chi connectivity index (χ0n) is 9.80. The van der Waals surface area contributed by atoms with Crippen LogP contribution < -0.4 is 10.6 Å². The second kappa shape index (κ2) is 4.26. The molecule has 0 radical (unpaired) electrons. The first kappa shape index (κ1) is 11.0. The lowest BCUT2D eigenvalue weighted by Crippen LogP contribution is -2.21. The summed E-state index contributed by atoms with van der Waals surface area (Å²) in [5.74, 6) is 1.80. The fourth-order valence-electron chi connectivity index (χ4n) is 3.20. The molecule has 1 aromatic rings. The van der Waals surface area contributed by atoms with Crippen molar-refractivity contribution < 1.29 is 0 Å². The van der Waals surface area contributed by atoms with Crippen LogP contribution in [0.5, 0.6) is 0 Å². The Morgan fingerprint density at radius 3 is 2.71 bits per heavy atom. The third-order valence-electron chi connectivity index (χ3n) is 4.09. The van der Waals surface area contributed by atoms with Gasteiger partial charge in [0, 0.05) is 25.0 Å². The highest BCUT2D eigenvalue weighted by molar-refractivity contribution is 7.80. The monoisotopic (exact) mass is 247 g/mol. The second-order valence-corrected chi connectivity index (χ2v) is 5.56. The summed E-state index contributed by atoms with van der Waals surface area (Å²) < 4.78 is 0. The first-order valence-corrected chi connectivity index (χ1v) is 6.65. The summed E-state index contributed by atoms with van der Waals surface area (Å²) in [4.78, 5) is 7.03. The molecule has 2 atom stereocenters. The summed E-state index contributed by atoms with van der Waals surface area (Å²) in [6.07, 6.45) is 6.01. The second-order valence-electron chi connectivity index (χ2n) is 5.12. The summed E-state index contributed by atoms with van der Waals surface area (Å²) in [6, 6.07) is 4.08. The minimum Gasteiger partial charge on any atom is -0.388 e. The zero-order valence-corrected chi connectivity index (χ0v) is 10.6. The van der Waals surface area contributed by atoms with E-state index in [0.717, 1.165) is 17.5 Å². The molecule has 3 rings (SSSR count). The lowest BCUT2D eigenvalue weighted by molar-refractivity contribution is 0.494. The number of hydrogen-bond acceptors (Lipinski definition) is 3. The molecule has 1 saturated heterocycles. The van der Waals surface area contributed by atoms with Crippen LogP contribution in [-0.2, 0) is 0 Å². The number of anilines is 1. The highest BCUT2D eigenvalue weighted by atomic mass is 32.1. The van der Waals surface area contributed by atoms with Crippen LogP contribution in [0.2, 0.25) is 0 Å². The van der Waals surface area contributed by atoms with Gasteiger partial charge in [-0.3, -0.25) is 4.98 Å². The van der Waals surface area contributed by atoms with Crippen molar-refractivity contribution in [2.75, 3.05) is 18.0 Å². The number of rotatable bonds is 2. The number of fused-ring (bicyclic) bond motifs is 1. The first-order valence-electron chi connectivity index (χ1n) is 6.25. The molecule has 1 saturated carbocycles. The maximum Gasteiger partial charge on any atom is 0.122 e. The maximum absolute atomic E-state index is 5.62. The van der Waals surface area contributed by atoms with E-state index in [2.05, 4.69) is 16.0 Å². The molecule has 1 aliphatic heterocycles. The Morgan fingerprint density at radius 2 is 2.06 bits per heavy atom. The molecule has 90 valence electrons. The maximum atomic E-state index is 5.62. The summed E-state index contributed by atoms with van der Waals surface area (Å²) in [5.41, 5.74) is 7.57. The summed E-state index contributed by atoms with van der Waals surface area (Å²) in [6.45, 7) is 2.37. The van der Waals surface area contributed by atoms with E-state index in [9.17, 15) is 0 Å². The molecule has 2 fully saturated rings. The predicted molar refractivity (Wildman–Crippen MR) is 73.2 cm³/mol. The summed E-state index contributed by atoms with van der Waals surface area (Å²) >= 11 is 4.97. The highest BCUT2D eigenvalue weighted by Crippen LogP contribution is 2.39. The van der Waals surface area contributed by atoms with Crippen LogP contribution in [0.15, 0.2) is 18.3 Å². The average Bonchev–Trinajstić information content (AvgIpc) is 2.89. The zero-order chi connectivity index (χ0) is 11.8. The summed E-state index contributed by atoms with van der Waals surface area (Å²) in [5, 5.41) is 0. The van der Waals surface area contributed by atoms with E-state index in [1.165, 1.54) is 38.0 Å². The number of hydrogen-bond donors (Lipinski definition) is 1. The standard InChI is InChI=1S/C13H17N3S/c14-13(17)12-6-11(4-5-15-12)16-7-9-2-1-3-10(9)8-16/h4-6,9-10H,1-3,7-8H2,(H2,14,17). The van der Waals surface area contributed by atoms with Gasteiger partial charge >= 0.3 is 0 Å². The van der Waals surface area contributed by atoms with Gasteiger partial charge in [0.25, 0.3) is 0 Å².